The van der Waals surface area contributed by atoms with Gasteiger partial charge in [-0.3, -0.25) is 0 Å². The third-order valence-corrected chi connectivity index (χ3v) is 2.03. The molecule has 0 amide bonds. The van der Waals surface area contributed by atoms with Gasteiger partial charge in [0, 0.05) is 11.3 Å². The van der Waals surface area contributed by atoms with Crippen LogP contribution in [0.3, 0.4) is 0 Å². The van der Waals surface area contributed by atoms with Crippen molar-refractivity contribution in [1.29, 1.82) is 0 Å². The highest BCUT2D eigenvalue weighted by Gasteiger charge is 2.65. The normalized spacial score (nSPS) is 18.2. The van der Waals surface area contributed by atoms with Crippen LogP contribution in [0.15, 0.2) is 34.5 Å². The molecule has 0 atom stereocenters. The van der Waals surface area contributed by atoms with Gasteiger partial charge in [-0.25, -0.2) is 0 Å². The van der Waals surface area contributed by atoms with Gasteiger partial charge in [0.05, 0.1) is 0 Å². The molecular weight excluding hydrogens is 195 g/mol. The lowest BCUT2D eigenvalue weighted by atomic mass is 10.0. The second-order valence-electron chi connectivity index (χ2n) is 2.96. The molecule has 1 aromatic carbocycles. The maximum Gasteiger partial charge on any atom is 0.442 e. The molecule has 0 radical (unpaired) electrons. The maximum atomic E-state index is 12.5. The van der Waals surface area contributed by atoms with Gasteiger partial charge in [-0.15, -0.1) is 10.2 Å². The van der Waals surface area contributed by atoms with Crippen molar-refractivity contribution in [2.45, 2.75) is 11.8 Å². The van der Waals surface area contributed by atoms with Crippen LogP contribution in [-0.2, 0) is 5.66 Å². The number of alkyl halides is 3. The summed E-state index contributed by atoms with van der Waals surface area (Å²) in [5, 5.41) is 6.11. The summed E-state index contributed by atoms with van der Waals surface area (Å²) in [5.74, 6) is 0. The highest BCUT2D eigenvalue weighted by atomic mass is 19.4. The standard InChI is InChI=1S/C8H6F3N3/c9-8(10,11)7(13-14-7)5-3-1-2-4-6(5)12/h1-4H,12H2. The van der Waals surface area contributed by atoms with Crippen molar-refractivity contribution in [1.82, 2.24) is 0 Å². The fraction of sp³-hybridized carbons (Fsp3) is 0.250. The lowest BCUT2D eigenvalue weighted by Gasteiger charge is -2.16. The topological polar surface area (TPSA) is 50.7 Å². The van der Waals surface area contributed by atoms with E-state index < -0.39 is 11.8 Å². The van der Waals surface area contributed by atoms with Gasteiger partial charge >= 0.3 is 11.8 Å². The molecule has 1 heterocycles. The van der Waals surface area contributed by atoms with Crippen molar-refractivity contribution in [2.75, 3.05) is 5.73 Å². The Labute approximate surface area is 77.4 Å². The van der Waals surface area contributed by atoms with E-state index in [0.717, 1.165) is 0 Å². The smallest absolute Gasteiger partial charge is 0.398 e. The zero-order valence-corrected chi connectivity index (χ0v) is 6.92. The van der Waals surface area contributed by atoms with Crippen molar-refractivity contribution in [2.24, 2.45) is 10.2 Å². The minimum absolute atomic E-state index is 0.0508. The molecule has 1 aliphatic rings. The molecule has 1 aliphatic heterocycles. The molecule has 0 bridgehead atoms. The first-order valence-electron chi connectivity index (χ1n) is 3.83. The van der Waals surface area contributed by atoms with Crippen molar-refractivity contribution >= 4 is 5.69 Å². The predicted octanol–water partition coefficient (Wildman–Crippen LogP) is 2.45. The molecule has 6 heteroatoms. The molecule has 0 saturated carbocycles. The van der Waals surface area contributed by atoms with Crippen LogP contribution in [0, 0.1) is 0 Å². The Kier molecular flexibility index (Phi) is 1.58. The summed E-state index contributed by atoms with van der Waals surface area (Å²) in [4.78, 5) is 0. The highest BCUT2D eigenvalue weighted by molar-refractivity contribution is 5.52. The summed E-state index contributed by atoms with van der Waals surface area (Å²) < 4.78 is 37.6. The van der Waals surface area contributed by atoms with Gasteiger partial charge in [-0.1, -0.05) is 18.2 Å². The number of hydrogen-bond acceptors (Lipinski definition) is 3. The molecule has 0 spiro atoms. The van der Waals surface area contributed by atoms with Crippen molar-refractivity contribution in [3.8, 4) is 0 Å². The summed E-state index contributed by atoms with van der Waals surface area (Å²) >= 11 is 0. The van der Waals surface area contributed by atoms with Crippen molar-refractivity contribution in [3.05, 3.63) is 29.8 Å². The van der Waals surface area contributed by atoms with Crippen molar-refractivity contribution < 1.29 is 13.2 Å². The van der Waals surface area contributed by atoms with E-state index in [1.165, 1.54) is 18.2 Å². The van der Waals surface area contributed by atoms with Gasteiger partial charge in [0.25, 0.3) is 0 Å². The Hall–Kier alpha value is -1.59. The Balaban J connectivity index is 2.46. The number of hydrogen-bond donors (Lipinski definition) is 1. The number of anilines is 1. The van der Waals surface area contributed by atoms with E-state index in [4.69, 9.17) is 5.73 Å². The second kappa shape index (κ2) is 2.46. The van der Waals surface area contributed by atoms with E-state index in [9.17, 15) is 13.2 Å². The third-order valence-electron chi connectivity index (χ3n) is 2.03. The first-order chi connectivity index (χ1) is 6.47. The zero-order valence-electron chi connectivity index (χ0n) is 6.92. The third kappa shape index (κ3) is 1.07. The summed E-state index contributed by atoms with van der Waals surface area (Å²) in [7, 11) is 0. The minimum atomic E-state index is -4.51. The summed E-state index contributed by atoms with van der Waals surface area (Å²) in [6.45, 7) is 0. The number of nitrogen functional groups attached to an aromatic ring is 1. The molecule has 0 saturated heterocycles. The van der Waals surface area contributed by atoms with Crippen LogP contribution in [0.5, 0.6) is 0 Å². The van der Waals surface area contributed by atoms with Crippen LogP contribution < -0.4 is 5.73 Å². The average Bonchev–Trinajstić information content (AvgIpc) is 2.84. The monoisotopic (exact) mass is 201 g/mol. The zero-order chi connectivity index (χ0) is 10.4. The Morgan fingerprint density at radius 2 is 1.71 bits per heavy atom. The van der Waals surface area contributed by atoms with Crippen LogP contribution in [0.1, 0.15) is 5.56 Å². The van der Waals surface area contributed by atoms with E-state index in [1.54, 1.807) is 6.07 Å². The lowest BCUT2D eigenvalue weighted by Crippen LogP contribution is -2.30. The Morgan fingerprint density at radius 1 is 1.14 bits per heavy atom. The molecule has 2 rings (SSSR count). The first-order valence-corrected chi connectivity index (χ1v) is 3.83. The van der Waals surface area contributed by atoms with Crippen LogP contribution in [0.4, 0.5) is 18.9 Å². The number of para-hydroxylation sites is 1. The van der Waals surface area contributed by atoms with Gasteiger partial charge in [0.1, 0.15) is 0 Å². The number of benzene rings is 1. The van der Waals surface area contributed by atoms with Crippen LogP contribution >= 0.6 is 0 Å². The van der Waals surface area contributed by atoms with Crippen molar-refractivity contribution in [3.63, 3.8) is 0 Å². The van der Waals surface area contributed by atoms with Crippen LogP contribution in [0.25, 0.3) is 0 Å². The highest BCUT2D eigenvalue weighted by Crippen LogP contribution is 2.53. The first kappa shape index (κ1) is 8.98. The molecule has 0 aliphatic carbocycles. The lowest BCUT2D eigenvalue weighted by molar-refractivity contribution is -0.165. The van der Waals surface area contributed by atoms with Crippen LogP contribution in [0.2, 0.25) is 0 Å². The molecule has 14 heavy (non-hydrogen) atoms. The summed E-state index contributed by atoms with van der Waals surface area (Å²) in [6, 6.07) is 5.71. The van der Waals surface area contributed by atoms with Gasteiger partial charge in [0.2, 0.25) is 0 Å². The predicted molar refractivity (Wildman–Crippen MR) is 43.4 cm³/mol. The molecule has 0 aromatic heterocycles. The largest absolute Gasteiger partial charge is 0.442 e. The molecule has 1 aromatic rings. The maximum absolute atomic E-state index is 12.5. The quantitative estimate of drug-likeness (QED) is 0.697. The molecule has 0 fully saturated rings. The number of nitrogens with two attached hydrogens (primary N) is 1. The number of nitrogens with zero attached hydrogens (tertiary/aromatic N) is 2. The summed E-state index contributed by atoms with van der Waals surface area (Å²) in [6.07, 6.45) is -4.51. The minimum Gasteiger partial charge on any atom is -0.398 e. The van der Waals surface area contributed by atoms with E-state index in [2.05, 4.69) is 10.2 Å². The molecule has 0 unspecified atom stereocenters. The van der Waals surface area contributed by atoms with E-state index in [1.807, 2.05) is 0 Å². The van der Waals surface area contributed by atoms with E-state index in [0.29, 0.717) is 0 Å². The van der Waals surface area contributed by atoms with E-state index in [-0.39, 0.29) is 11.3 Å². The summed E-state index contributed by atoms with van der Waals surface area (Å²) in [5.41, 5.74) is 2.97. The molecule has 74 valence electrons. The number of rotatable bonds is 1. The average molecular weight is 201 g/mol. The molecule has 2 N–H and O–H groups in total. The van der Waals surface area contributed by atoms with Gasteiger partial charge in [-0.05, 0) is 6.07 Å². The fourth-order valence-electron chi connectivity index (χ4n) is 1.24. The van der Waals surface area contributed by atoms with Gasteiger partial charge in [0.15, 0.2) is 0 Å². The molecule has 3 nitrogen and oxygen atoms in total. The van der Waals surface area contributed by atoms with Crippen LogP contribution in [-0.4, -0.2) is 6.18 Å². The Morgan fingerprint density at radius 3 is 2.14 bits per heavy atom. The fourth-order valence-corrected chi connectivity index (χ4v) is 1.24. The van der Waals surface area contributed by atoms with E-state index >= 15 is 0 Å². The second-order valence-corrected chi connectivity index (χ2v) is 2.96. The van der Waals surface area contributed by atoms with Gasteiger partial charge < -0.3 is 5.73 Å². The Bertz CT molecular complexity index is 391. The SMILES string of the molecule is Nc1ccccc1C1(C(F)(F)F)N=N1. The molecular formula is C8H6F3N3. The number of halogens is 3. The van der Waals surface area contributed by atoms with Gasteiger partial charge in [-0.2, -0.15) is 13.2 Å².